The summed E-state index contributed by atoms with van der Waals surface area (Å²) in [5.41, 5.74) is 2.84. The Labute approximate surface area is 112 Å². The zero-order chi connectivity index (χ0) is 13.4. The molecule has 1 aromatic carbocycles. The molecule has 0 aromatic heterocycles. The van der Waals surface area contributed by atoms with Crippen LogP contribution in [0.15, 0.2) is 29.3 Å². The number of rotatable bonds is 7. The first kappa shape index (κ1) is 14.6. The molecule has 0 radical (unpaired) electrons. The van der Waals surface area contributed by atoms with Crippen molar-refractivity contribution >= 4 is 17.9 Å². The number of ether oxygens (including phenoxy) is 2. The molecule has 0 unspecified atom stereocenters. The van der Waals surface area contributed by atoms with Gasteiger partial charge in [0.05, 0.1) is 12.2 Å². The summed E-state index contributed by atoms with van der Waals surface area (Å²) in [5, 5.41) is 0. The number of hydrogen-bond acceptors (Lipinski definition) is 3. The molecule has 0 fully saturated rings. The van der Waals surface area contributed by atoms with Crippen molar-refractivity contribution in [3.8, 4) is 11.5 Å². The molecule has 1 aromatic rings. The van der Waals surface area contributed by atoms with Gasteiger partial charge < -0.3 is 9.47 Å². The summed E-state index contributed by atoms with van der Waals surface area (Å²) >= 11 is 5.56. The Hall–Kier alpha value is -1.48. The van der Waals surface area contributed by atoms with E-state index in [4.69, 9.17) is 21.1 Å². The fourth-order valence-corrected chi connectivity index (χ4v) is 1.33. The molecule has 0 bridgehead atoms. The molecule has 0 saturated heterocycles. The van der Waals surface area contributed by atoms with Gasteiger partial charge in [0.2, 0.25) is 0 Å². The van der Waals surface area contributed by atoms with Gasteiger partial charge in [-0.2, -0.15) is 0 Å². The summed E-state index contributed by atoms with van der Waals surface area (Å²) in [6.07, 6.45) is 1.69. The summed E-state index contributed by atoms with van der Waals surface area (Å²) in [7, 11) is 0. The molecular formula is C14H17ClO3. The number of carbonyl (C=O) groups excluding carboxylic acids is 1. The van der Waals surface area contributed by atoms with E-state index < -0.39 is 0 Å². The van der Waals surface area contributed by atoms with Crippen molar-refractivity contribution in [1.82, 2.24) is 0 Å². The van der Waals surface area contributed by atoms with Crippen molar-refractivity contribution < 1.29 is 14.3 Å². The van der Waals surface area contributed by atoms with Gasteiger partial charge in [-0.1, -0.05) is 18.5 Å². The second-order valence-corrected chi connectivity index (χ2v) is 4.13. The normalized spacial score (nSPS) is 11.2. The fraction of sp³-hybridized carbons (Fsp3) is 0.357. The Bertz CT molecular complexity index is 427. The van der Waals surface area contributed by atoms with Gasteiger partial charge in [0.25, 0.3) is 0 Å². The third-order valence-corrected chi connectivity index (χ3v) is 2.60. The van der Waals surface area contributed by atoms with Crippen LogP contribution in [0.3, 0.4) is 0 Å². The van der Waals surface area contributed by atoms with Crippen molar-refractivity contribution in [3.63, 3.8) is 0 Å². The molecule has 4 heteroatoms. The molecule has 0 atom stereocenters. The Morgan fingerprint density at radius 2 is 2.17 bits per heavy atom. The largest absolute Gasteiger partial charge is 0.493 e. The van der Waals surface area contributed by atoms with Crippen molar-refractivity contribution in [3.05, 3.63) is 34.9 Å². The van der Waals surface area contributed by atoms with Gasteiger partial charge in [-0.25, -0.2) is 0 Å². The fourth-order valence-electron chi connectivity index (χ4n) is 1.27. The van der Waals surface area contributed by atoms with E-state index in [0.29, 0.717) is 30.3 Å². The van der Waals surface area contributed by atoms with E-state index in [1.807, 2.05) is 13.8 Å². The number of hydrogen-bond donors (Lipinski definition) is 0. The van der Waals surface area contributed by atoms with E-state index in [-0.39, 0.29) is 0 Å². The van der Waals surface area contributed by atoms with Crippen LogP contribution >= 0.6 is 11.6 Å². The van der Waals surface area contributed by atoms with Crippen molar-refractivity contribution in [2.24, 2.45) is 0 Å². The minimum absolute atomic E-state index is 0.349. The summed E-state index contributed by atoms with van der Waals surface area (Å²) in [5.74, 6) is 1.21. The van der Waals surface area contributed by atoms with Gasteiger partial charge in [0.15, 0.2) is 6.29 Å². The van der Waals surface area contributed by atoms with Crippen LogP contribution in [0.4, 0.5) is 0 Å². The SMILES string of the molecule is CCCOc1ccc(C=O)c(OC/C(C)=C/Cl)c1. The molecule has 0 amide bonds. The first-order chi connectivity index (χ1) is 8.71. The molecule has 18 heavy (non-hydrogen) atoms. The predicted octanol–water partition coefficient (Wildman–Crippen LogP) is 3.81. The van der Waals surface area contributed by atoms with Gasteiger partial charge >= 0.3 is 0 Å². The number of carbonyl (C=O) groups is 1. The molecule has 0 aliphatic carbocycles. The Kier molecular flexibility index (Phi) is 6.29. The number of halogens is 1. The second kappa shape index (κ2) is 7.77. The molecule has 0 saturated carbocycles. The number of benzene rings is 1. The smallest absolute Gasteiger partial charge is 0.153 e. The lowest BCUT2D eigenvalue weighted by Gasteiger charge is -2.11. The first-order valence-electron chi connectivity index (χ1n) is 5.82. The third-order valence-electron chi connectivity index (χ3n) is 2.23. The molecule has 98 valence electrons. The van der Waals surface area contributed by atoms with E-state index in [0.717, 1.165) is 18.3 Å². The summed E-state index contributed by atoms with van der Waals surface area (Å²) in [6, 6.07) is 5.17. The standard InChI is InChI=1S/C14H17ClO3/c1-3-6-17-13-5-4-12(9-16)14(7-13)18-10-11(2)8-15/h4-5,7-9H,3,6,10H2,1-2H3/b11-8+. The summed E-state index contributed by atoms with van der Waals surface area (Å²) in [6.45, 7) is 4.87. The quantitative estimate of drug-likeness (QED) is 0.706. The Morgan fingerprint density at radius 1 is 1.39 bits per heavy atom. The van der Waals surface area contributed by atoms with Gasteiger partial charge in [0, 0.05) is 11.6 Å². The van der Waals surface area contributed by atoms with Crippen LogP contribution in [-0.2, 0) is 0 Å². The highest BCUT2D eigenvalue weighted by atomic mass is 35.5. The molecule has 0 aliphatic rings. The maximum atomic E-state index is 10.9. The van der Waals surface area contributed by atoms with Crippen LogP contribution in [0.25, 0.3) is 0 Å². The predicted molar refractivity (Wildman–Crippen MR) is 72.7 cm³/mol. The first-order valence-corrected chi connectivity index (χ1v) is 6.25. The van der Waals surface area contributed by atoms with Crippen LogP contribution < -0.4 is 9.47 Å². The lowest BCUT2D eigenvalue weighted by atomic mass is 10.2. The summed E-state index contributed by atoms with van der Waals surface area (Å²) in [4.78, 5) is 10.9. The Balaban J connectivity index is 2.81. The molecule has 0 N–H and O–H groups in total. The third kappa shape index (κ3) is 4.41. The molecule has 0 aliphatic heterocycles. The lowest BCUT2D eigenvalue weighted by Crippen LogP contribution is -2.02. The monoisotopic (exact) mass is 268 g/mol. The van der Waals surface area contributed by atoms with E-state index >= 15 is 0 Å². The highest BCUT2D eigenvalue weighted by Gasteiger charge is 2.05. The van der Waals surface area contributed by atoms with Crippen LogP contribution in [0, 0.1) is 0 Å². The molecule has 0 spiro atoms. The van der Waals surface area contributed by atoms with Crippen LogP contribution in [0.5, 0.6) is 11.5 Å². The van der Waals surface area contributed by atoms with Gasteiger partial charge in [-0.05, 0) is 31.1 Å². The maximum absolute atomic E-state index is 10.9. The van der Waals surface area contributed by atoms with Crippen LogP contribution in [0.1, 0.15) is 30.6 Å². The van der Waals surface area contributed by atoms with Crippen LogP contribution in [-0.4, -0.2) is 19.5 Å². The molecule has 0 heterocycles. The highest BCUT2D eigenvalue weighted by Crippen LogP contribution is 2.24. The zero-order valence-electron chi connectivity index (χ0n) is 10.6. The topological polar surface area (TPSA) is 35.5 Å². The van der Waals surface area contributed by atoms with Gasteiger partial charge in [-0.3, -0.25) is 4.79 Å². The minimum atomic E-state index is 0.349. The average molecular weight is 269 g/mol. The number of aldehydes is 1. The zero-order valence-corrected chi connectivity index (χ0v) is 11.4. The molecule has 1 rings (SSSR count). The lowest BCUT2D eigenvalue weighted by molar-refractivity contribution is 0.112. The average Bonchev–Trinajstić information content (AvgIpc) is 2.42. The molecular weight excluding hydrogens is 252 g/mol. The Morgan fingerprint density at radius 3 is 2.78 bits per heavy atom. The van der Waals surface area contributed by atoms with Gasteiger partial charge in [-0.15, -0.1) is 0 Å². The van der Waals surface area contributed by atoms with E-state index in [2.05, 4.69) is 0 Å². The highest BCUT2D eigenvalue weighted by molar-refractivity contribution is 6.25. The van der Waals surface area contributed by atoms with E-state index in [9.17, 15) is 4.79 Å². The van der Waals surface area contributed by atoms with Crippen molar-refractivity contribution in [2.75, 3.05) is 13.2 Å². The van der Waals surface area contributed by atoms with E-state index in [1.54, 1.807) is 18.2 Å². The van der Waals surface area contributed by atoms with Gasteiger partial charge in [0.1, 0.15) is 18.1 Å². The second-order valence-electron chi connectivity index (χ2n) is 3.91. The minimum Gasteiger partial charge on any atom is -0.493 e. The van der Waals surface area contributed by atoms with E-state index in [1.165, 1.54) is 5.54 Å². The van der Waals surface area contributed by atoms with Crippen molar-refractivity contribution in [1.29, 1.82) is 0 Å². The summed E-state index contributed by atoms with van der Waals surface area (Å²) < 4.78 is 11.0. The van der Waals surface area contributed by atoms with Crippen molar-refractivity contribution in [2.45, 2.75) is 20.3 Å². The maximum Gasteiger partial charge on any atom is 0.153 e. The van der Waals surface area contributed by atoms with Crippen LogP contribution in [0.2, 0.25) is 0 Å². The molecule has 3 nitrogen and oxygen atoms in total.